The number of nitrogens with zero attached hydrogens (tertiary/aromatic N) is 2. The van der Waals surface area contributed by atoms with Gasteiger partial charge in [0.05, 0.1) is 0 Å². The van der Waals surface area contributed by atoms with Crippen molar-refractivity contribution in [1.82, 2.24) is 15.1 Å². The molecule has 3 rings (SSSR count). The number of hydrogen-bond donors (Lipinski definition) is 1. The molecule has 0 saturated carbocycles. The Morgan fingerprint density at radius 1 is 1.22 bits per heavy atom. The van der Waals surface area contributed by atoms with Crippen LogP contribution in [0.1, 0.15) is 5.56 Å². The molecule has 2 saturated heterocycles. The summed E-state index contributed by atoms with van der Waals surface area (Å²) in [6, 6.07) is 9.86. The topological polar surface area (TPSA) is 79.0 Å². The number of nitrogens with one attached hydrogen (secondary N) is 1. The lowest BCUT2D eigenvalue weighted by Crippen LogP contribution is -2.57. The molecule has 1 aromatic carbocycles. The highest BCUT2D eigenvalue weighted by Crippen LogP contribution is 2.19. The Labute approximate surface area is 134 Å². The van der Waals surface area contributed by atoms with Crippen molar-refractivity contribution in [2.75, 3.05) is 32.8 Å². The van der Waals surface area contributed by atoms with Gasteiger partial charge in [0.25, 0.3) is 5.91 Å². The van der Waals surface area contributed by atoms with Crippen molar-refractivity contribution in [1.29, 1.82) is 0 Å². The van der Waals surface area contributed by atoms with Gasteiger partial charge in [-0.15, -0.1) is 0 Å². The average Bonchev–Trinajstić information content (AvgIpc) is 2.82. The van der Waals surface area contributed by atoms with Crippen LogP contribution in [0.2, 0.25) is 0 Å². The van der Waals surface area contributed by atoms with Gasteiger partial charge in [0.2, 0.25) is 0 Å². The van der Waals surface area contributed by atoms with Crippen LogP contribution in [0.4, 0.5) is 9.59 Å². The fourth-order valence-electron chi connectivity index (χ4n) is 2.74. The maximum Gasteiger partial charge on any atom is 0.417 e. The van der Waals surface area contributed by atoms with Crippen LogP contribution in [0.15, 0.2) is 30.3 Å². The van der Waals surface area contributed by atoms with Gasteiger partial charge in [-0.05, 0) is 12.0 Å². The van der Waals surface area contributed by atoms with Crippen molar-refractivity contribution in [3.05, 3.63) is 35.9 Å². The number of rotatable bonds is 5. The second kappa shape index (κ2) is 6.68. The van der Waals surface area contributed by atoms with Crippen LogP contribution in [0, 0.1) is 5.92 Å². The summed E-state index contributed by atoms with van der Waals surface area (Å²) >= 11 is 0. The molecule has 0 unspecified atom stereocenters. The first-order chi connectivity index (χ1) is 11.1. The molecule has 0 atom stereocenters. The van der Waals surface area contributed by atoms with E-state index in [0.29, 0.717) is 26.2 Å². The van der Waals surface area contributed by atoms with Crippen molar-refractivity contribution >= 4 is 18.0 Å². The summed E-state index contributed by atoms with van der Waals surface area (Å²) in [6.45, 7) is 1.84. The van der Waals surface area contributed by atoms with Gasteiger partial charge in [-0.2, -0.15) is 0 Å². The maximum absolute atomic E-state index is 12.0. The van der Waals surface area contributed by atoms with E-state index in [1.54, 1.807) is 4.90 Å². The molecule has 7 nitrogen and oxygen atoms in total. The average molecular weight is 317 g/mol. The zero-order valence-corrected chi connectivity index (χ0v) is 12.7. The van der Waals surface area contributed by atoms with E-state index in [4.69, 9.17) is 0 Å². The van der Waals surface area contributed by atoms with Gasteiger partial charge in [0.15, 0.2) is 6.61 Å². The number of benzene rings is 1. The lowest BCUT2D eigenvalue weighted by molar-refractivity contribution is -0.126. The Bertz CT molecular complexity index is 583. The second-order valence-corrected chi connectivity index (χ2v) is 5.80. The Kier molecular flexibility index (Phi) is 4.45. The van der Waals surface area contributed by atoms with Crippen molar-refractivity contribution in [3.63, 3.8) is 0 Å². The van der Waals surface area contributed by atoms with Crippen molar-refractivity contribution in [3.8, 4) is 0 Å². The molecule has 0 aromatic heterocycles. The van der Waals surface area contributed by atoms with E-state index in [-0.39, 0.29) is 24.5 Å². The highest BCUT2D eigenvalue weighted by Gasteiger charge is 2.38. The zero-order chi connectivity index (χ0) is 16.2. The fourth-order valence-corrected chi connectivity index (χ4v) is 2.74. The van der Waals surface area contributed by atoms with Gasteiger partial charge in [-0.25, -0.2) is 14.5 Å². The van der Waals surface area contributed by atoms with Gasteiger partial charge in [-0.1, -0.05) is 30.3 Å². The molecule has 7 heteroatoms. The first kappa shape index (κ1) is 15.3. The van der Waals surface area contributed by atoms with Crippen LogP contribution in [0.5, 0.6) is 0 Å². The third-order valence-corrected chi connectivity index (χ3v) is 4.06. The molecular formula is C16H19N3O4. The van der Waals surface area contributed by atoms with E-state index in [9.17, 15) is 14.4 Å². The number of hydrogen-bond acceptors (Lipinski definition) is 4. The normalized spacial score (nSPS) is 17.9. The SMILES string of the molecule is O=C(NCCc1ccccc1)N1CC(CN2C(=O)COC2=O)C1. The van der Waals surface area contributed by atoms with E-state index < -0.39 is 6.09 Å². The number of carbonyl (C=O) groups is 3. The van der Waals surface area contributed by atoms with Crippen molar-refractivity contribution in [2.24, 2.45) is 5.92 Å². The Hall–Kier alpha value is -2.57. The molecule has 122 valence electrons. The number of ether oxygens (including phenoxy) is 1. The molecule has 4 amide bonds. The fraction of sp³-hybridized carbons (Fsp3) is 0.438. The van der Waals surface area contributed by atoms with Crippen LogP contribution in [-0.2, 0) is 16.0 Å². The third kappa shape index (κ3) is 3.61. The predicted molar refractivity (Wildman–Crippen MR) is 81.7 cm³/mol. The minimum atomic E-state index is -0.583. The Morgan fingerprint density at radius 3 is 2.61 bits per heavy atom. The minimum Gasteiger partial charge on any atom is -0.439 e. The molecule has 23 heavy (non-hydrogen) atoms. The van der Waals surface area contributed by atoms with Crippen molar-refractivity contribution < 1.29 is 19.1 Å². The highest BCUT2D eigenvalue weighted by atomic mass is 16.6. The first-order valence-corrected chi connectivity index (χ1v) is 7.67. The lowest BCUT2D eigenvalue weighted by atomic mass is 10.0. The summed E-state index contributed by atoms with van der Waals surface area (Å²) < 4.78 is 4.66. The molecule has 2 fully saturated rings. The van der Waals surface area contributed by atoms with Gasteiger partial charge >= 0.3 is 12.1 Å². The van der Waals surface area contributed by atoms with E-state index in [1.165, 1.54) is 5.56 Å². The highest BCUT2D eigenvalue weighted by molar-refractivity contribution is 5.97. The second-order valence-electron chi connectivity index (χ2n) is 5.80. The van der Waals surface area contributed by atoms with E-state index >= 15 is 0 Å². The summed E-state index contributed by atoms with van der Waals surface area (Å²) in [5.74, 6) is -0.176. The van der Waals surface area contributed by atoms with Crippen LogP contribution in [0.3, 0.4) is 0 Å². The van der Waals surface area contributed by atoms with Crippen LogP contribution in [-0.4, -0.2) is 60.6 Å². The summed E-state index contributed by atoms with van der Waals surface area (Å²) in [6.07, 6.45) is 0.207. The molecule has 2 aliphatic rings. The van der Waals surface area contributed by atoms with E-state index in [1.807, 2.05) is 30.3 Å². The molecule has 0 bridgehead atoms. The van der Waals surface area contributed by atoms with Gasteiger partial charge in [-0.3, -0.25) is 4.79 Å². The smallest absolute Gasteiger partial charge is 0.417 e. The predicted octanol–water partition coefficient (Wildman–Crippen LogP) is 0.849. The standard InChI is InChI=1S/C16H19N3O4/c20-14-11-23-16(22)19(14)10-13-8-18(9-13)15(21)17-7-6-12-4-2-1-3-5-12/h1-5,13H,6-11H2,(H,17,21). The summed E-state index contributed by atoms with van der Waals surface area (Å²) in [7, 11) is 0. The molecule has 0 radical (unpaired) electrons. The van der Waals surface area contributed by atoms with Crippen LogP contribution < -0.4 is 5.32 Å². The number of likely N-dealkylation sites (tertiary alicyclic amines) is 1. The van der Waals surface area contributed by atoms with Gasteiger partial charge in [0, 0.05) is 32.1 Å². The summed E-state index contributed by atoms with van der Waals surface area (Å²) in [5.41, 5.74) is 1.18. The number of cyclic esters (lactones) is 1. The lowest BCUT2D eigenvalue weighted by Gasteiger charge is -2.40. The molecule has 1 N–H and O–H groups in total. The van der Waals surface area contributed by atoms with Crippen molar-refractivity contribution in [2.45, 2.75) is 6.42 Å². The third-order valence-electron chi connectivity index (χ3n) is 4.06. The summed E-state index contributed by atoms with van der Waals surface area (Å²) in [4.78, 5) is 37.6. The first-order valence-electron chi connectivity index (χ1n) is 7.67. The molecular weight excluding hydrogens is 298 g/mol. The molecule has 2 heterocycles. The van der Waals surface area contributed by atoms with Gasteiger partial charge < -0.3 is 15.0 Å². The zero-order valence-electron chi connectivity index (χ0n) is 12.7. The largest absolute Gasteiger partial charge is 0.439 e. The van der Waals surface area contributed by atoms with Crippen LogP contribution >= 0.6 is 0 Å². The van der Waals surface area contributed by atoms with Gasteiger partial charge in [0.1, 0.15) is 0 Å². The Balaban J connectivity index is 1.35. The molecule has 1 aromatic rings. The molecule has 0 spiro atoms. The quantitative estimate of drug-likeness (QED) is 0.873. The monoisotopic (exact) mass is 317 g/mol. The number of amides is 4. The molecule has 2 aliphatic heterocycles. The molecule has 0 aliphatic carbocycles. The summed E-state index contributed by atoms with van der Waals surface area (Å²) in [5, 5.41) is 2.88. The number of carbonyl (C=O) groups excluding carboxylic acids is 3. The van der Waals surface area contributed by atoms with E-state index in [0.717, 1.165) is 11.3 Å². The van der Waals surface area contributed by atoms with E-state index in [2.05, 4.69) is 10.1 Å². The minimum absolute atomic E-state index is 0.104. The maximum atomic E-state index is 12.0. The number of imide groups is 1. The number of urea groups is 1. The Morgan fingerprint density at radius 2 is 1.96 bits per heavy atom. The van der Waals surface area contributed by atoms with Crippen LogP contribution in [0.25, 0.3) is 0 Å².